The predicted octanol–water partition coefficient (Wildman–Crippen LogP) is 3.73. The van der Waals surface area contributed by atoms with E-state index in [2.05, 4.69) is 42.5 Å². The quantitative estimate of drug-likeness (QED) is 0.883. The van der Waals surface area contributed by atoms with E-state index in [0.717, 1.165) is 13.0 Å². The topological polar surface area (TPSA) is 26.0 Å². The number of aryl methyl sites for hydroxylation is 2. The second-order valence-electron chi connectivity index (χ2n) is 5.43. The number of rotatable bonds is 3. The summed E-state index contributed by atoms with van der Waals surface area (Å²) in [6.07, 6.45) is 6.15. The summed E-state index contributed by atoms with van der Waals surface area (Å²) in [5, 5.41) is 0. The van der Waals surface area contributed by atoms with E-state index in [4.69, 9.17) is 5.73 Å². The van der Waals surface area contributed by atoms with Gasteiger partial charge < -0.3 is 5.73 Å². The lowest BCUT2D eigenvalue weighted by atomic mass is 9.89. The first-order chi connectivity index (χ1) is 9.36. The van der Waals surface area contributed by atoms with Crippen LogP contribution in [0.15, 0.2) is 42.5 Å². The van der Waals surface area contributed by atoms with E-state index >= 15 is 0 Å². The Morgan fingerprint density at radius 1 is 0.789 bits per heavy atom. The molecule has 98 valence electrons. The van der Waals surface area contributed by atoms with Gasteiger partial charge in [-0.05, 0) is 66.5 Å². The normalized spacial score (nSPS) is 14.2. The van der Waals surface area contributed by atoms with Crippen LogP contribution in [0.2, 0.25) is 0 Å². The van der Waals surface area contributed by atoms with E-state index in [1.165, 1.54) is 42.4 Å². The van der Waals surface area contributed by atoms with Crippen molar-refractivity contribution in [2.24, 2.45) is 5.73 Å². The van der Waals surface area contributed by atoms with Gasteiger partial charge in [-0.15, -0.1) is 0 Å². The third-order valence-electron chi connectivity index (χ3n) is 4.07. The van der Waals surface area contributed by atoms with Crippen molar-refractivity contribution in [2.75, 3.05) is 6.54 Å². The molecule has 0 saturated carbocycles. The fourth-order valence-corrected chi connectivity index (χ4v) is 2.94. The Bertz CT molecular complexity index is 554. The van der Waals surface area contributed by atoms with E-state index in [-0.39, 0.29) is 0 Å². The molecule has 0 amide bonds. The zero-order chi connectivity index (χ0) is 13.1. The summed E-state index contributed by atoms with van der Waals surface area (Å²) in [5.41, 5.74) is 12.7. The zero-order valence-electron chi connectivity index (χ0n) is 11.4. The van der Waals surface area contributed by atoms with Crippen LogP contribution in [0.3, 0.4) is 0 Å². The number of nitrogens with two attached hydrogens (primary N) is 1. The lowest BCUT2D eigenvalue weighted by molar-refractivity contribution is 0.686. The maximum atomic E-state index is 5.59. The summed E-state index contributed by atoms with van der Waals surface area (Å²) in [4.78, 5) is 0. The monoisotopic (exact) mass is 251 g/mol. The van der Waals surface area contributed by atoms with Gasteiger partial charge in [0.15, 0.2) is 0 Å². The van der Waals surface area contributed by atoms with Gasteiger partial charge in [0.25, 0.3) is 0 Å². The molecule has 3 rings (SSSR count). The minimum Gasteiger partial charge on any atom is -0.330 e. The first-order valence-electron chi connectivity index (χ1n) is 7.28. The second-order valence-corrected chi connectivity index (χ2v) is 5.43. The Morgan fingerprint density at radius 2 is 1.47 bits per heavy atom. The summed E-state index contributed by atoms with van der Waals surface area (Å²) >= 11 is 0. The number of benzene rings is 2. The van der Waals surface area contributed by atoms with Gasteiger partial charge >= 0.3 is 0 Å². The van der Waals surface area contributed by atoms with Crippen molar-refractivity contribution < 1.29 is 0 Å². The van der Waals surface area contributed by atoms with Crippen molar-refractivity contribution in [3.05, 3.63) is 59.2 Å². The van der Waals surface area contributed by atoms with Gasteiger partial charge in [-0.1, -0.05) is 42.5 Å². The molecule has 0 heterocycles. The molecule has 19 heavy (non-hydrogen) atoms. The zero-order valence-corrected chi connectivity index (χ0v) is 11.4. The molecule has 2 aromatic carbocycles. The molecule has 1 heteroatoms. The molecule has 0 aromatic heterocycles. The van der Waals surface area contributed by atoms with Crippen LogP contribution in [0.1, 0.15) is 29.5 Å². The highest BCUT2D eigenvalue weighted by Crippen LogP contribution is 2.27. The molecule has 0 spiro atoms. The van der Waals surface area contributed by atoms with Crippen LogP contribution < -0.4 is 5.73 Å². The van der Waals surface area contributed by atoms with Crippen molar-refractivity contribution in [1.29, 1.82) is 0 Å². The van der Waals surface area contributed by atoms with Gasteiger partial charge in [0.1, 0.15) is 0 Å². The molecule has 2 N–H and O–H groups in total. The van der Waals surface area contributed by atoms with Crippen molar-refractivity contribution in [1.82, 2.24) is 0 Å². The summed E-state index contributed by atoms with van der Waals surface area (Å²) in [6.45, 7) is 0.720. The SMILES string of the molecule is NCCc1ccc(-c2ccc3c(c2)CCCC3)cc1. The molecule has 0 unspecified atom stereocenters. The molecule has 0 bridgehead atoms. The van der Waals surface area contributed by atoms with Gasteiger partial charge in [-0.3, -0.25) is 0 Å². The number of hydrogen-bond donors (Lipinski definition) is 1. The Kier molecular flexibility index (Phi) is 3.65. The van der Waals surface area contributed by atoms with Crippen LogP contribution in [0.5, 0.6) is 0 Å². The lowest BCUT2D eigenvalue weighted by Gasteiger charge is -2.16. The Morgan fingerprint density at radius 3 is 2.21 bits per heavy atom. The van der Waals surface area contributed by atoms with E-state index < -0.39 is 0 Å². The molecule has 0 saturated heterocycles. The molecule has 0 aliphatic heterocycles. The summed E-state index contributed by atoms with van der Waals surface area (Å²) in [7, 11) is 0. The summed E-state index contributed by atoms with van der Waals surface area (Å²) in [5.74, 6) is 0. The summed E-state index contributed by atoms with van der Waals surface area (Å²) < 4.78 is 0. The van der Waals surface area contributed by atoms with Crippen LogP contribution in [0.25, 0.3) is 11.1 Å². The van der Waals surface area contributed by atoms with E-state index in [1.807, 2.05) is 0 Å². The second kappa shape index (κ2) is 5.58. The van der Waals surface area contributed by atoms with Crippen LogP contribution in [-0.2, 0) is 19.3 Å². The molecule has 2 aromatic rings. The lowest BCUT2D eigenvalue weighted by Crippen LogP contribution is -2.03. The van der Waals surface area contributed by atoms with Gasteiger partial charge in [-0.2, -0.15) is 0 Å². The third-order valence-corrected chi connectivity index (χ3v) is 4.07. The first-order valence-corrected chi connectivity index (χ1v) is 7.28. The van der Waals surface area contributed by atoms with Crippen LogP contribution in [0, 0.1) is 0 Å². The average Bonchev–Trinajstić information content (AvgIpc) is 2.48. The molecule has 1 aliphatic carbocycles. The highest BCUT2D eigenvalue weighted by molar-refractivity contribution is 5.65. The Balaban J connectivity index is 1.89. The highest BCUT2D eigenvalue weighted by atomic mass is 14.5. The Hall–Kier alpha value is -1.60. The third kappa shape index (κ3) is 2.71. The maximum absolute atomic E-state index is 5.59. The minimum absolute atomic E-state index is 0.720. The molecule has 0 fully saturated rings. The number of hydrogen-bond acceptors (Lipinski definition) is 1. The Labute approximate surface area is 115 Å². The predicted molar refractivity (Wildman–Crippen MR) is 81.3 cm³/mol. The highest BCUT2D eigenvalue weighted by Gasteiger charge is 2.10. The van der Waals surface area contributed by atoms with E-state index in [1.54, 1.807) is 11.1 Å². The van der Waals surface area contributed by atoms with Gasteiger partial charge in [0, 0.05) is 0 Å². The fourth-order valence-electron chi connectivity index (χ4n) is 2.94. The number of fused-ring (bicyclic) bond motifs is 1. The standard InChI is InChI=1S/C18H21N/c19-12-11-14-5-7-16(8-6-14)18-10-9-15-3-1-2-4-17(15)13-18/h5-10,13H,1-4,11-12,19H2. The summed E-state index contributed by atoms with van der Waals surface area (Å²) in [6, 6.07) is 15.8. The van der Waals surface area contributed by atoms with E-state index in [0.29, 0.717) is 0 Å². The van der Waals surface area contributed by atoms with Crippen molar-refractivity contribution in [3.8, 4) is 11.1 Å². The van der Waals surface area contributed by atoms with Gasteiger partial charge in [0.2, 0.25) is 0 Å². The minimum atomic E-state index is 0.720. The van der Waals surface area contributed by atoms with Crippen LogP contribution >= 0.6 is 0 Å². The molecule has 0 radical (unpaired) electrons. The first kappa shape index (κ1) is 12.4. The van der Waals surface area contributed by atoms with Crippen LogP contribution in [0.4, 0.5) is 0 Å². The molecule has 1 nitrogen and oxygen atoms in total. The smallest absolute Gasteiger partial charge is 0.00367 e. The van der Waals surface area contributed by atoms with Gasteiger partial charge in [0.05, 0.1) is 0 Å². The molecule has 1 aliphatic rings. The van der Waals surface area contributed by atoms with E-state index in [9.17, 15) is 0 Å². The van der Waals surface area contributed by atoms with Crippen molar-refractivity contribution in [2.45, 2.75) is 32.1 Å². The van der Waals surface area contributed by atoms with Crippen LogP contribution in [-0.4, -0.2) is 6.54 Å². The average molecular weight is 251 g/mol. The maximum Gasteiger partial charge on any atom is -0.00367 e. The van der Waals surface area contributed by atoms with Crippen molar-refractivity contribution >= 4 is 0 Å². The molecular formula is C18H21N. The van der Waals surface area contributed by atoms with Crippen molar-refractivity contribution in [3.63, 3.8) is 0 Å². The molecular weight excluding hydrogens is 230 g/mol. The molecule has 0 atom stereocenters. The van der Waals surface area contributed by atoms with Gasteiger partial charge in [-0.25, -0.2) is 0 Å². The fraction of sp³-hybridized carbons (Fsp3) is 0.333. The largest absolute Gasteiger partial charge is 0.330 e.